The lowest BCUT2D eigenvalue weighted by Gasteiger charge is -2.11. The lowest BCUT2D eigenvalue weighted by Crippen LogP contribution is -2.14. The molecule has 0 aliphatic carbocycles. The summed E-state index contributed by atoms with van der Waals surface area (Å²) in [5.41, 5.74) is 4.77. The number of benzene rings is 1. The molecule has 0 aliphatic heterocycles. The molecule has 1 aromatic carbocycles. The van der Waals surface area contributed by atoms with E-state index in [2.05, 4.69) is 15.5 Å². The second kappa shape index (κ2) is 5.16. The normalized spacial score (nSPS) is 11.2. The molecule has 2 rings (SSSR count). The molecular weight excluding hydrogens is 273 g/mol. The number of anilines is 2. The van der Waals surface area contributed by atoms with Gasteiger partial charge in [-0.3, -0.25) is 4.79 Å². The van der Waals surface area contributed by atoms with Crippen molar-refractivity contribution in [3.63, 3.8) is 0 Å². The zero-order chi connectivity index (χ0) is 14.8. The quantitative estimate of drug-likeness (QED) is 0.828. The van der Waals surface area contributed by atoms with Crippen molar-refractivity contribution in [2.75, 3.05) is 11.1 Å². The zero-order valence-corrected chi connectivity index (χ0v) is 9.98. The van der Waals surface area contributed by atoms with E-state index in [1.54, 1.807) is 0 Å². The summed E-state index contributed by atoms with van der Waals surface area (Å²) in [4.78, 5) is 11.8. The molecular formula is C12H9F3N4O. The van der Waals surface area contributed by atoms with Crippen LogP contribution in [0.1, 0.15) is 15.9 Å². The van der Waals surface area contributed by atoms with Crippen LogP contribution in [0, 0.1) is 0 Å². The third-order valence-electron chi connectivity index (χ3n) is 2.47. The second-order valence-electron chi connectivity index (χ2n) is 3.89. The van der Waals surface area contributed by atoms with Crippen LogP contribution in [0.5, 0.6) is 0 Å². The molecule has 0 unspecified atom stereocenters. The lowest BCUT2D eigenvalue weighted by molar-refractivity contribution is -0.137. The molecule has 1 heterocycles. The molecule has 3 N–H and O–H groups in total. The van der Waals surface area contributed by atoms with E-state index < -0.39 is 17.6 Å². The molecule has 0 fully saturated rings. The molecule has 0 saturated carbocycles. The van der Waals surface area contributed by atoms with Crippen LogP contribution in [0.3, 0.4) is 0 Å². The number of hydrogen-bond acceptors (Lipinski definition) is 4. The van der Waals surface area contributed by atoms with E-state index in [4.69, 9.17) is 5.73 Å². The predicted octanol–water partition coefficient (Wildman–Crippen LogP) is 2.33. The third kappa shape index (κ3) is 3.02. The maximum Gasteiger partial charge on any atom is 0.416 e. The molecule has 5 nitrogen and oxygen atoms in total. The van der Waals surface area contributed by atoms with Crippen molar-refractivity contribution in [3.8, 4) is 0 Å². The Morgan fingerprint density at radius 1 is 1.20 bits per heavy atom. The number of rotatable bonds is 2. The van der Waals surface area contributed by atoms with Gasteiger partial charge in [0.15, 0.2) is 0 Å². The number of amides is 1. The van der Waals surface area contributed by atoms with Crippen LogP contribution in [0.4, 0.5) is 24.5 Å². The fourth-order valence-corrected chi connectivity index (χ4v) is 1.47. The molecule has 0 spiro atoms. The number of halogens is 3. The minimum Gasteiger partial charge on any atom is -0.397 e. The van der Waals surface area contributed by atoms with Gasteiger partial charge in [0.05, 0.1) is 34.9 Å². The van der Waals surface area contributed by atoms with Crippen LogP contribution in [-0.2, 0) is 6.18 Å². The van der Waals surface area contributed by atoms with Gasteiger partial charge in [-0.15, -0.1) is 0 Å². The van der Waals surface area contributed by atoms with Crippen LogP contribution in [0.15, 0.2) is 36.7 Å². The highest BCUT2D eigenvalue weighted by Crippen LogP contribution is 2.32. The lowest BCUT2D eigenvalue weighted by atomic mass is 10.1. The Hall–Kier alpha value is -2.64. The fraction of sp³-hybridized carbons (Fsp3) is 0.0833. The molecule has 2 aromatic rings. The molecule has 20 heavy (non-hydrogen) atoms. The van der Waals surface area contributed by atoms with E-state index in [9.17, 15) is 18.0 Å². The number of nitrogens with zero attached hydrogens (tertiary/aromatic N) is 2. The SMILES string of the molecule is Nc1cc(C(F)(F)F)ccc1NC(=O)c1ccnnc1. The smallest absolute Gasteiger partial charge is 0.397 e. The highest BCUT2D eigenvalue weighted by molar-refractivity contribution is 6.05. The number of aromatic nitrogens is 2. The zero-order valence-electron chi connectivity index (χ0n) is 9.98. The maximum absolute atomic E-state index is 12.5. The number of carbonyl (C=O) groups is 1. The number of carbonyl (C=O) groups excluding carboxylic acids is 1. The second-order valence-corrected chi connectivity index (χ2v) is 3.89. The summed E-state index contributed by atoms with van der Waals surface area (Å²) >= 11 is 0. The summed E-state index contributed by atoms with van der Waals surface area (Å²) in [6.07, 6.45) is -1.92. The van der Waals surface area contributed by atoms with Crippen molar-refractivity contribution in [1.82, 2.24) is 10.2 Å². The Labute approximate surface area is 111 Å². The number of nitrogens with one attached hydrogen (secondary N) is 1. The van der Waals surface area contributed by atoms with Crippen LogP contribution in [0.25, 0.3) is 0 Å². The first-order chi connectivity index (χ1) is 9.38. The molecule has 0 atom stereocenters. The minimum absolute atomic E-state index is 0.0970. The molecule has 0 aliphatic rings. The van der Waals surface area contributed by atoms with E-state index >= 15 is 0 Å². The summed E-state index contributed by atoms with van der Waals surface area (Å²) in [5, 5.41) is 9.44. The first-order valence-corrected chi connectivity index (χ1v) is 5.42. The van der Waals surface area contributed by atoms with E-state index in [1.807, 2.05) is 0 Å². The van der Waals surface area contributed by atoms with Gasteiger partial charge in [-0.2, -0.15) is 23.4 Å². The number of alkyl halides is 3. The molecule has 1 amide bonds. The van der Waals surface area contributed by atoms with Gasteiger partial charge in [-0.25, -0.2) is 0 Å². The first kappa shape index (κ1) is 13.8. The van der Waals surface area contributed by atoms with Gasteiger partial charge in [0, 0.05) is 0 Å². The van der Waals surface area contributed by atoms with Crippen molar-refractivity contribution in [2.24, 2.45) is 0 Å². The van der Waals surface area contributed by atoms with Crippen molar-refractivity contribution in [1.29, 1.82) is 0 Å². The van der Waals surface area contributed by atoms with E-state index in [-0.39, 0.29) is 16.9 Å². The van der Waals surface area contributed by atoms with E-state index in [0.717, 1.165) is 18.2 Å². The molecule has 0 radical (unpaired) electrons. The summed E-state index contributed by atoms with van der Waals surface area (Å²) in [5.74, 6) is -0.536. The average Bonchev–Trinajstić information content (AvgIpc) is 2.41. The topological polar surface area (TPSA) is 80.9 Å². The first-order valence-electron chi connectivity index (χ1n) is 5.42. The van der Waals surface area contributed by atoms with Crippen LogP contribution >= 0.6 is 0 Å². The Kier molecular flexibility index (Phi) is 3.55. The summed E-state index contributed by atoms with van der Waals surface area (Å²) in [7, 11) is 0. The number of nitrogen functional groups attached to an aromatic ring is 1. The molecule has 1 aromatic heterocycles. The summed E-state index contributed by atoms with van der Waals surface area (Å²) < 4.78 is 37.4. The van der Waals surface area contributed by atoms with Gasteiger partial charge in [0.1, 0.15) is 0 Å². The van der Waals surface area contributed by atoms with Gasteiger partial charge in [-0.1, -0.05) is 0 Å². The van der Waals surface area contributed by atoms with E-state index in [0.29, 0.717) is 0 Å². The summed E-state index contributed by atoms with van der Waals surface area (Å²) in [6, 6.07) is 4.13. The predicted molar refractivity (Wildman–Crippen MR) is 65.8 cm³/mol. The van der Waals surface area contributed by atoms with E-state index in [1.165, 1.54) is 18.5 Å². The highest BCUT2D eigenvalue weighted by atomic mass is 19.4. The van der Waals surface area contributed by atoms with Crippen LogP contribution in [-0.4, -0.2) is 16.1 Å². The average molecular weight is 282 g/mol. The highest BCUT2D eigenvalue weighted by Gasteiger charge is 2.30. The maximum atomic E-state index is 12.5. The van der Waals surface area contributed by atoms with Gasteiger partial charge in [0.25, 0.3) is 5.91 Å². The Morgan fingerprint density at radius 2 is 1.95 bits per heavy atom. The number of hydrogen-bond donors (Lipinski definition) is 2. The van der Waals surface area contributed by atoms with Gasteiger partial charge >= 0.3 is 6.18 Å². The Balaban J connectivity index is 2.21. The standard InChI is InChI=1S/C12H9F3N4O/c13-12(14,15)8-1-2-10(9(16)5-8)19-11(20)7-3-4-17-18-6-7/h1-6H,16H2,(H,19,20). The summed E-state index contributed by atoms with van der Waals surface area (Å²) in [6.45, 7) is 0. The van der Waals surface area contributed by atoms with Crippen LogP contribution in [0.2, 0.25) is 0 Å². The molecule has 0 saturated heterocycles. The molecule has 0 bridgehead atoms. The van der Waals surface area contributed by atoms with Gasteiger partial charge in [0.2, 0.25) is 0 Å². The largest absolute Gasteiger partial charge is 0.416 e. The third-order valence-corrected chi connectivity index (χ3v) is 2.47. The van der Waals surface area contributed by atoms with Gasteiger partial charge in [-0.05, 0) is 24.3 Å². The molecule has 104 valence electrons. The minimum atomic E-state index is -4.48. The Morgan fingerprint density at radius 3 is 2.50 bits per heavy atom. The molecule has 8 heteroatoms. The van der Waals surface area contributed by atoms with Crippen molar-refractivity contribution in [2.45, 2.75) is 6.18 Å². The van der Waals surface area contributed by atoms with Crippen molar-refractivity contribution in [3.05, 3.63) is 47.8 Å². The van der Waals surface area contributed by atoms with Gasteiger partial charge < -0.3 is 11.1 Å². The van der Waals surface area contributed by atoms with Crippen LogP contribution < -0.4 is 11.1 Å². The monoisotopic (exact) mass is 282 g/mol. The van der Waals surface area contributed by atoms with Crippen molar-refractivity contribution < 1.29 is 18.0 Å². The number of nitrogens with two attached hydrogens (primary N) is 1. The Bertz CT molecular complexity index is 628. The fourth-order valence-electron chi connectivity index (χ4n) is 1.47. The van der Waals surface area contributed by atoms with Crippen molar-refractivity contribution >= 4 is 17.3 Å².